The molecule has 1 aromatic carbocycles. The number of rotatable bonds is 2. The number of hydrogen-bond donors (Lipinski definition) is 1. The van der Waals surface area contributed by atoms with Crippen LogP contribution in [0.5, 0.6) is 0 Å². The number of nitrogens with one attached hydrogen (secondary N) is 1. The van der Waals surface area contributed by atoms with Crippen molar-refractivity contribution in [2.75, 3.05) is 24.5 Å². The van der Waals surface area contributed by atoms with Crippen molar-refractivity contribution in [1.82, 2.24) is 15.1 Å². The summed E-state index contributed by atoms with van der Waals surface area (Å²) in [6.45, 7) is 5.36. The first-order valence-electron chi connectivity index (χ1n) is 7.21. The average Bonchev–Trinajstić information content (AvgIpc) is 2.79. The Labute approximate surface area is 120 Å². The first-order valence-corrected chi connectivity index (χ1v) is 7.21. The smallest absolute Gasteiger partial charge is 0.0753 e. The molecule has 0 bridgehead atoms. The van der Waals surface area contributed by atoms with Crippen LogP contribution in [0.3, 0.4) is 0 Å². The maximum absolute atomic E-state index is 4.30. The van der Waals surface area contributed by atoms with Gasteiger partial charge in [0.05, 0.1) is 17.4 Å². The standard InChI is InChI=1S/C16H22N4/c1-16(14-7-4-3-5-8-14)13-20(10-6-9-17-16)15-11-18-19(2)12-15/h3-5,7-8,11-12,17H,6,9-10,13H2,1-2H3. The van der Waals surface area contributed by atoms with Crippen LogP contribution in [0.4, 0.5) is 5.69 Å². The number of anilines is 1. The van der Waals surface area contributed by atoms with Crippen molar-refractivity contribution < 1.29 is 0 Å². The van der Waals surface area contributed by atoms with Crippen LogP contribution in [0.15, 0.2) is 42.7 Å². The molecule has 0 spiro atoms. The van der Waals surface area contributed by atoms with Crippen molar-refractivity contribution in [3.8, 4) is 0 Å². The summed E-state index contributed by atoms with van der Waals surface area (Å²) in [7, 11) is 1.97. The molecule has 1 saturated heterocycles. The number of benzene rings is 1. The van der Waals surface area contributed by atoms with Crippen molar-refractivity contribution in [1.29, 1.82) is 0 Å². The summed E-state index contributed by atoms with van der Waals surface area (Å²) in [5, 5.41) is 8.01. The van der Waals surface area contributed by atoms with Gasteiger partial charge in [0, 0.05) is 26.3 Å². The zero-order valence-corrected chi connectivity index (χ0v) is 12.2. The van der Waals surface area contributed by atoms with Crippen LogP contribution in [0, 0.1) is 0 Å². The fourth-order valence-electron chi connectivity index (χ4n) is 2.94. The summed E-state index contributed by atoms with van der Waals surface area (Å²) in [5.74, 6) is 0. The third-order valence-electron chi connectivity index (χ3n) is 4.09. The maximum Gasteiger partial charge on any atom is 0.0753 e. The molecule has 0 saturated carbocycles. The summed E-state index contributed by atoms with van der Waals surface area (Å²) >= 11 is 0. The normalized spacial score (nSPS) is 23.6. The summed E-state index contributed by atoms with van der Waals surface area (Å²) < 4.78 is 1.87. The highest BCUT2D eigenvalue weighted by Crippen LogP contribution is 2.26. The summed E-state index contributed by atoms with van der Waals surface area (Å²) in [4.78, 5) is 2.43. The number of aromatic nitrogens is 2. The Morgan fingerprint density at radius 2 is 2.05 bits per heavy atom. The first-order chi connectivity index (χ1) is 9.67. The van der Waals surface area contributed by atoms with Crippen LogP contribution in [0.1, 0.15) is 18.9 Å². The first kappa shape index (κ1) is 13.2. The van der Waals surface area contributed by atoms with Gasteiger partial charge in [-0.2, -0.15) is 5.10 Å². The van der Waals surface area contributed by atoms with Crippen LogP contribution < -0.4 is 10.2 Å². The SMILES string of the molecule is Cn1cc(N2CCCNC(C)(c3ccccc3)C2)cn1. The van der Waals surface area contributed by atoms with Crippen molar-refractivity contribution in [2.45, 2.75) is 18.9 Å². The summed E-state index contributed by atoms with van der Waals surface area (Å²) in [6.07, 6.45) is 5.20. The lowest BCUT2D eigenvalue weighted by Crippen LogP contribution is -2.46. The van der Waals surface area contributed by atoms with Crippen molar-refractivity contribution in [2.24, 2.45) is 7.05 Å². The fourth-order valence-corrected chi connectivity index (χ4v) is 2.94. The van der Waals surface area contributed by atoms with Crippen LogP contribution in [0.25, 0.3) is 0 Å². The molecule has 0 amide bonds. The molecule has 106 valence electrons. The van der Waals surface area contributed by atoms with Crippen LogP contribution in [-0.4, -0.2) is 29.4 Å². The monoisotopic (exact) mass is 270 g/mol. The summed E-state index contributed by atoms with van der Waals surface area (Å²) in [6, 6.07) is 10.7. The van der Waals surface area contributed by atoms with Crippen molar-refractivity contribution in [3.63, 3.8) is 0 Å². The maximum atomic E-state index is 4.30. The number of aryl methyl sites for hydroxylation is 1. The van der Waals surface area contributed by atoms with Gasteiger partial charge in [0.1, 0.15) is 0 Å². The Balaban J connectivity index is 1.89. The molecule has 1 fully saturated rings. The highest BCUT2D eigenvalue weighted by atomic mass is 15.3. The second-order valence-electron chi connectivity index (χ2n) is 5.77. The Morgan fingerprint density at radius 3 is 2.75 bits per heavy atom. The van der Waals surface area contributed by atoms with E-state index < -0.39 is 0 Å². The molecule has 1 N–H and O–H groups in total. The highest BCUT2D eigenvalue weighted by Gasteiger charge is 2.31. The zero-order valence-electron chi connectivity index (χ0n) is 12.2. The average molecular weight is 270 g/mol. The van der Waals surface area contributed by atoms with Gasteiger partial charge in [-0.25, -0.2) is 0 Å². The molecule has 1 aromatic heterocycles. The van der Waals surface area contributed by atoms with Crippen molar-refractivity contribution >= 4 is 5.69 Å². The molecule has 1 aliphatic rings. The van der Waals surface area contributed by atoms with Gasteiger partial charge < -0.3 is 10.2 Å². The van der Waals surface area contributed by atoms with E-state index in [4.69, 9.17) is 0 Å². The molecule has 20 heavy (non-hydrogen) atoms. The molecule has 2 aromatic rings. The van der Waals surface area contributed by atoms with Gasteiger partial charge in [-0.05, 0) is 25.5 Å². The number of hydrogen-bond acceptors (Lipinski definition) is 3. The van der Waals surface area contributed by atoms with Gasteiger partial charge in [-0.1, -0.05) is 30.3 Å². The van der Waals surface area contributed by atoms with Crippen LogP contribution in [-0.2, 0) is 12.6 Å². The van der Waals surface area contributed by atoms with E-state index in [0.29, 0.717) is 0 Å². The fraction of sp³-hybridized carbons (Fsp3) is 0.438. The molecular formula is C16H22N4. The Hall–Kier alpha value is -1.81. The van der Waals surface area contributed by atoms with Gasteiger partial charge in [0.2, 0.25) is 0 Å². The minimum absolute atomic E-state index is 0.0202. The lowest BCUT2D eigenvalue weighted by Gasteiger charge is -2.34. The molecule has 1 atom stereocenters. The molecule has 1 unspecified atom stereocenters. The van der Waals surface area contributed by atoms with Crippen LogP contribution in [0.2, 0.25) is 0 Å². The second kappa shape index (κ2) is 5.29. The van der Waals surface area contributed by atoms with E-state index in [1.807, 2.05) is 17.9 Å². The van der Waals surface area contributed by atoms with Crippen LogP contribution >= 0.6 is 0 Å². The van der Waals surface area contributed by atoms with E-state index >= 15 is 0 Å². The van der Waals surface area contributed by atoms with Gasteiger partial charge in [0.15, 0.2) is 0 Å². The van der Waals surface area contributed by atoms with E-state index in [2.05, 4.69) is 58.8 Å². The van der Waals surface area contributed by atoms with Crippen molar-refractivity contribution in [3.05, 3.63) is 48.3 Å². The Bertz CT molecular complexity index is 563. The largest absolute Gasteiger partial charge is 0.367 e. The van der Waals surface area contributed by atoms with E-state index in [9.17, 15) is 0 Å². The quantitative estimate of drug-likeness (QED) is 0.907. The predicted molar refractivity (Wildman–Crippen MR) is 81.8 cm³/mol. The van der Waals surface area contributed by atoms with E-state index in [0.717, 1.165) is 26.1 Å². The molecule has 0 radical (unpaired) electrons. The molecule has 4 nitrogen and oxygen atoms in total. The van der Waals surface area contributed by atoms with Gasteiger partial charge >= 0.3 is 0 Å². The molecule has 0 aliphatic carbocycles. The minimum Gasteiger partial charge on any atom is -0.367 e. The zero-order chi connectivity index (χ0) is 14.0. The minimum atomic E-state index is -0.0202. The van der Waals surface area contributed by atoms with E-state index in [-0.39, 0.29) is 5.54 Å². The Morgan fingerprint density at radius 1 is 1.25 bits per heavy atom. The topological polar surface area (TPSA) is 33.1 Å². The molecule has 4 heteroatoms. The third kappa shape index (κ3) is 2.56. The molecule has 3 rings (SSSR count). The number of nitrogens with zero attached hydrogens (tertiary/aromatic N) is 3. The Kier molecular flexibility index (Phi) is 3.49. The lowest BCUT2D eigenvalue weighted by molar-refractivity contribution is 0.392. The van der Waals surface area contributed by atoms with E-state index in [1.54, 1.807) is 0 Å². The summed E-state index contributed by atoms with van der Waals surface area (Å²) in [5.41, 5.74) is 2.53. The third-order valence-corrected chi connectivity index (χ3v) is 4.09. The van der Waals surface area contributed by atoms with E-state index in [1.165, 1.54) is 11.3 Å². The molecular weight excluding hydrogens is 248 g/mol. The van der Waals surface area contributed by atoms with Gasteiger partial charge in [0.25, 0.3) is 0 Å². The lowest BCUT2D eigenvalue weighted by atomic mass is 9.91. The van der Waals surface area contributed by atoms with Gasteiger partial charge in [-0.15, -0.1) is 0 Å². The van der Waals surface area contributed by atoms with Gasteiger partial charge in [-0.3, -0.25) is 4.68 Å². The highest BCUT2D eigenvalue weighted by molar-refractivity contribution is 5.44. The second-order valence-corrected chi connectivity index (χ2v) is 5.77. The predicted octanol–water partition coefficient (Wildman–Crippen LogP) is 2.14. The molecule has 2 heterocycles. The molecule has 1 aliphatic heterocycles.